The van der Waals surface area contributed by atoms with Gasteiger partial charge in [-0.1, -0.05) is 24.3 Å². The minimum atomic E-state index is 0.0677. The molecule has 100 valence electrons. The lowest BCUT2D eigenvalue weighted by Gasteiger charge is -2.26. The topological polar surface area (TPSA) is 49.6 Å². The molecular weight excluding hydrogens is 226 g/mol. The van der Waals surface area contributed by atoms with Gasteiger partial charge in [0.15, 0.2) is 0 Å². The van der Waals surface area contributed by atoms with Gasteiger partial charge in [0.2, 0.25) is 0 Å². The van der Waals surface area contributed by atoms with Crippen molar-refractivity contribution in [2.24, 2.45) is 5.73 Å². The smallest absolute Gasteiger partial charge is 0.320 e. The number of nitrogens with two attached hydrogens (primary N) is 1. The summed E-state index contributed by atoms with van der Waals surface area (Å²) < 4.78 is 0. The molecule has 0 bridgehead atoms. The Kier molecular flexibility index (Phi) is 5.65. The summed E-state index contributed by atoms with van der Waals surface area (Å²) in [4.78, 5) is 15.6. The monoisotopic (exact) mass is 249 g/mol. The molecular formula is C14H23N3O. The largest absolute Gasteiger partial charge is 0.326 e. The molecule has 0 aromatic heterocycles. The van der Waals surface area contributed by atoms with Gasteiger partial charge < -0.3 is 15.5 Å². The summed E-state index contributed by atoms with van der Waals surface area (Å²) in [6.07, 6.45) is 0. The van der Waals surface area contributed by atoms with Gasteiger partial charge in [-0.2, -0.15) is 0 Å². The number of rotatable bonds is 5. The zero-order chi connectivity index (χ0) is 13.5. The van der Waals surface area contributed by atoms with Crippen molar-refractivity contribution in [3.63, 3.8) is 0 Å². The molecule has 0 unspecified atom stereocenters. The fraction of sp³-hybridized carbons (Fsp3) is 0.500. The van der Waals surface area contributed by atoms with E-state index in [-0.39, 0.29) is 6.03 Å². The minimum absolute atomic E-state index is 0.0677. The standard InChI is InChI=1S/C14H23N3O/c1-4-17(5-2)14(18)16(3)11-13-8-6-7-12(9-13)10-15/h6-9H,4-5,10-11,15H2,1-3H3. The van der Waals surface area contributed by atoms with Crippen LogP contribution in [0.4, 0.5) is 4.79 Å². The molecule has 0 spiro atoms. The van der Waals surface area contributed by atoms with Crippen molar-refractivity contribution >= 4 is 6.03 Å². The molecule has 4 nitrogen and oxygen atoms in total. The zero-order valence-electron chi connectivity index (χ0n) is 11.5. The van der Waals surface area contributed by atoms with Gasteiger partial charge in [0.25, 0.3) is 0 Å². The van der Waals surface area contributed by atoms with Crippen LogP contribution < -0.4 is 5.73 Å². The first-order chi connectivity index (χ1) is 8.62. The van der Waals surface area contributed by atoms with E-state index in [1.165, 1.54) is 0 Å². The van der Waals surface area contributed by atoms with Crippen LogP contribution in [0.1, 0.15) is 25.0 Å². The summed E-state index contributed by atoms with van der Waals surface area (Å²) in [5, 5.41) is 0. The highest BCUT2D eigenvalue weighted by atomic mass is 16.2. The van der Waals surface area contributed by atoms with E-state index in [1.54, 1.807) is 4.90 Å². The summed E-state index contributed by atoms with van der Waals surface area (Å²) in [5.41, 5.74) is 7.82. The van der Waals surface area contributed by atoms with Gasteiger partial charge >= 0.3 is 6.03 Å². The molecule has 0 radical (unpaired) electrons. The third kappa shape index (κ3) is 3.74. The van der Waals surface area contributed by atoms with Crippen molar-refractivity contribution in [1.82, 2.24) is 9.80 Å². The van der Waals surface area contributed by atoms with Gasteiger partial charge in [0, 0.05) is 33.2 Å². The average molecular weight is 249 g/mol. The van der Waals surface area contributed by atoms with E-state index in [9.17, 15) is 4.79 Å². The van der Waals surface area contributed by atoms with Crippen LogP contribution in [0.25, 0.3) is 0 Å². The molecule has 1 aromatic rings. The van der Waals surface area contributed by atoms with Gasteiger partial charge in [-0.25, -0.2) is 4.79 Å². The quantitative estimate of drug-likeness (QED) is 0.868. The first-order valence-corrected chi connectivity index (χ1v) is 6.40. The maximum atomic E-state index is 12.1. The van der Waals surface area contributed by atoms with E-state index in [2.05, 4.69) is 0 Å². The fourth-order valence-corrected chi connectivity index (χ4v) is 1.93. The Labute approximate surface area is 109 Å². The lowest BCUT2D eigenvalue weighted by molar-refractivity contribution is 0.165. The van der Waals surface area contributed by atoms with Crippen LogP contribution in [-0.4, -0.2) is 36.0 Å². The summed E-state index contributed by atoms with van der Waals surface area (Å²) in [7, 11) is 1.83. The van der Waals surface area contributed by atoms with Crippen molar-refractivity contribution < 1.29 is 4.79 Å². The number of urea groups is 1. The number of nitrogens with zero attached hydrogens (tertiary/aromatic N) is 2. The Morgan fingerprint density at radius 3 is 2.39 bits per heavy atom. The molecule has 0 heterocycles. The van der Waals surface area contributed by atoms with E-state index >= 15 is 0 Å². The van der Waals surface area contributed by atoms with Crippen LogP contribution >= 0.6 is 0 Å². The number of carbonyl (C=O) groups is 1. The van der Waals surface area contributed by atoms with Crippen molar-refractivity contribution in [3.8, 4) is 0 Å². The molecule has 0 fully saturated rings. The maximum absolute atomic E-state index is 12.1. The Hall–Kier alpha value is -1.55. The third-order valence-electron chi connectivity index (χ3n) is 3.01. The lowest BCUT2D eigenvalue weighted by atomic mass is 10.1. The highest BCUT2D eigenvalue weighted by Crippen LogP contribution is 2.08. The van der Waals surface area contributed by atoms with Crippen LogP contribution in [-0.2, 0) is 13.1 Å². The highest BCUT2D eigenvalue weighted by Gasteiger charge is 2.14. The van der Waals surface area contributed by atoms with Gasteiger partial charge in [0.05, 0.1) is 0 Å². The predicted molar refractivity (Wildman–Crippen MR) is 74.1 cm³/mol. The second-order valence-corrected chi connectivity index (χ2v) is 4.34. The maximum Gasteiger partial charge on any atom is 0.320 e. The molecule has 0 aliphatic rings. The normalized spacial score (nSPS) is 10.2. The SMILES string of the molecule is CCN(CC)C(=O)N(C)Cc1cccc(CN)c1. The average Bonchev–Trinajstić information content (AvgIpc) is 2.40. The van der Waals surface area contributed by atoms with Crippen LogP contribution in [0.2, 0.25) is 0 Å². The van der Waals surface area contributed by atoms with E-state index in [1.807, 2.05) is 50.1 Å². The molecule has 0 saturated heterocycles. The van der Waals surface area contributed by atoms with Crippen LogP contribution in [0.15, 0.2) is 24.3 Å². The molecule has 0 aliphatic heterocycles. The molecule has 1 aromatic carbocycles. The number of amides is 2. The van der Waals surface area contributed by atoms with E-state index in [0.29, 0.717) is 13.1 Å². The van der Waals surface area contributed by atoms with E-state index in [4.69, 9.17) is 5.73 Å². The second kappa shape index (κ2) is 7.01. The van der Waals surface area contributed by atoms with Crippen molar-refractivity contribution in [2.75, 3.05) is 20.1 Å². The molecule has 0 atom stereocenters. The molecule has 0 saturated carbocycles. The third-order valence-corrected chi connectivity index (χ3v) is 3.01. The van der Waals surface area contributed by atoms with E-state index < -0.39 is 0 Å². The summed E-state index contributed by atoms with van der Waals surface area (Å²) in [5.74, 6) is 0. The summed E-state index contributed by atoms with van der Waals surface area (Å²) in [6, 6.07) is 8.11. The molecule has 18 heavy (non-hydrogen) atoms. The van der Waals surface area contributed by atoms with Gasteiger partial charge in [-0.3, -0.25) is 0 Å². The number of hydrogen-bond donors (Lipinski definition) is 1. The zero-order valence-corrected chi connectivity index (χ0v) is 11.5. The van der Waals surface area contributed by atoms with Crippen LogP contribution in [0, 0.1) is 0 Å². The minimum Gasteiger partial charge on any atom is -0.326 e. The van der Waals surface area contributed by atoms with Crippen molar-refractivity contribution in [3.05, 3.63) is 35.4 Å². The van der Waals surface area contributed by atoms with Crippen molar-refractivity contribution in [2.45, 2.75) is 26.9 Å². The molecule has 2 N–H and O–H groups in total. The first kappa shape index (κ1) is 14.5. The molecule has 2 amide bonds. The van der Waals surface area contributed by atoms with Gasteiger partial charge in [-0.05, 0) is 25.0 Å². The molecule has 4 heteroatoms. The number of carbonyl (C=O) groups excluding carboxylic acids is 1. The van der Waals surface area contributed by atoms with Gasteiger partial charge in [-0.15, -0.1) is 0 Å². The Morgan fingerprint density at radius 2 is 1.83 bits per heavy atom. The summed E-state index contributed by atoms with van der Waals surface area (Å²) in [6.45, 7) is 6.60. The van der Waals surface area contributed by atoms with E-state index in [0.717, 1.165) is 24.2 Å². The molecule has 0 aliphatic carbocycles. The van der Waals surface area contributed by atoms with Crippen molar-refractivity contribution in [1.29, 1.82) is 0 Å². The van der Waals surface area contributed by atoms with Crippen LogP contribution in [0.3, 0.4) is 0 Å². The fourth-order valence-electron chi connectivity index (χ4n) is 1.93. The Morgan fingerprint density at radius 1 is 1.22 bits per heavy atom. The Bertz CT molecular complexity index is 388. The summed E-state index contributed by atoms with van der Waals surface area (Å²) >= 11 is 0. The highest BCUT2D eigenvalue weighted by molar-refractivity contribution is 5.74. The second-order valence-electron chi connectivity index (χ2n) is 4.34. The first-order valence-electron chi connectivity index (χ1n) is 6.40. The molecule has 1 rings (SSSR count). The van der Waals surface area contributed by atoms with Crippen LogP contribution in [0.5, 0.6) is 0 Å². The van der Waals surface area contributed by atoms with Gasteiger partial charge in [0.1, 0.15) is 0 Å². The lowest BCUT2D eigenvalue weighted by Crippen LogP contribution is -2.40. The Balaban J connectivity index is 2.68. The number of hydrogen-bond acceptors (Lipinski definition) is 2. The predicted octanol–water partition coefficient (Wildman–Crippen LogP) is 2.04. The number of benzene rings is 1.